The lowest BCUT2D eigenvalue weighted by Crippen LogP contribution is -2.49. The molecule has 3 aromatic heterocycles. The van der Waals surface area contributed by atoms with Crippen molar-refractivity contribution in [2.75, 3.05) is 49.1 Å². The van der Waals surface area contributed by atoms with E-state index in [-0.39, 0.29) is 5.91 Å². The number of rotatable bonds is 4. The van der Waals surface area contributed by atoms with Crippen LogP contribution in [0.5, 0.6) is 0 Å². The van der Waals surface area contributed by atoms with E-state index in [1.54, 1.807) is 29.4 Å². The van der Waals surface area contributed by atoms with Gasteiger partial charge in [0.25, 0.3) is 5.91 Å². The first-order chi connectivity index (χ1) is 15.2. The van der Waals surface area contributed by atoms with Gasteiger partial charge in [0.1, 0.15) is 0 Å². The Kier molecular flexibility index (Phi) is 5.31. The summed E-state index contributed by atoms with van der Waals surface area (Å²) in [5, 5.41) is 12.8. The van der Waals surface area contributed by atoms with Gasteiger partial charge in [-0.2, -0.15) is 0 Å². The molecular formula is C22H26N6O3. The number of amides is 1. The van der Waals surface area contributed by atoms with Crippen LogP contribution < -0.4 is 9.80 Å². The summed E-state index contributed by atoms with van der Waals surface area (Å²) < 4.78 is 10.5. The van der Waals surface area contributed by atoms with Crippen LogP contribution in [0.1, 0.15) is 30.3 Å². The molecule has 3 aromatic rings. The molecule has 2 aliphatic rings. The minimum absolute atomic E-state index is 0.137. The summed E-state index contributed by atoms with van der Waals surface area (Å²) in [6.07, 6.45) is 3.96. The molecule has 0 spiro atoms. The summed E-state index contributed by atoms with van der Waals surface area (Å²) >= 11 is 0. The molecule has 5 rings (SSSR count). The predicted octanol–water partition coefficient (Wildman–Crippen LogP) is 2.92. The van der Waals surface area contributed by atoms with E-state index in [9.17, 15) is 4.79 Å². The second-order valence-corrected chi connectivity index (χ2v) is 8.25. The molecule has 1 amide bonds. The highest BCUT2D eigenvalue weighted by Crippen LogP contribution is 2.24. The molecule has 0 aromatic carbocycles. The number of anilines is 2. The van der Waals surface area contributed by atoms with Crippen molar-refractivity contribution in [2.24, 2.45) is 5.92 Å². The number of hydrogen-bond donors (Lipinski definition) is 0. The van der Waals surface area contributed by atoms with E-state index in [0.717, 1.165) is 30.6 Å². The van der Waals surface area contributed by atoms with Crippen LogP contribution in [-0.2, 0) is 0 Å². The van der Waals surface area contributed by atoms with Crippen molar-refractivity contribution in [3.8, 4) is 11.5 Å². The normalized spacial score (nSPS) is 17.9. The molecule has 5 heterocycles. The lowest BCUT2D eigenvalue weighted by Gasteiger charge is -2.35. The summed E-state index contributed by atoms with van der Waals surface area (Å²) in [6, 6.07) is 9.25. The van der Waals surface area contributed by atoms with Gasteiger partial charge in [-0.3, -0.25) is 4.79 Å². The van der Waals surface area contributed by atoms with Crippen molar-refractivity contribution in [2.45, 2.75) is 19.8 Å². The van der Waals surface area contributed by atoms with Gasteiger partial charge < -0.3 is 23.6 Å². The molecule has 0 bridgehead atoms. The van der Waals surface area contributed by atoms with Gasteiger partial charge in [0, 0.05) is 45.3 Å². The second-order valence-electron chi connectivity index (χ2n) is 8.25. The summed E-state index contributed by atoms with van der Waals surface area (Å²) in [5.74, 6) is 3.45. The molecule has 9 heteroatoms. The summed E-state index contributed by atoms with van der Waals surface area (Å²) in [4.78, 5) is 19.0. The van der Waals surface area contributed by atoms with Crippen molar-refractivity contribution in [3.05, 3.63) is 42.3 Å². The quantitative estimate of drug-likeness (QED) is 0.634. The van der Waals surface area contributed by atoms with E-state index in [2.05, 4.69) is 38.1 Å². The molecule has 31 heavy (non-hydrogen) atoms. The van der Waals surface area contributed by atoms with Crippen LogP contribution >= 0.6 is 0 Å². The number of furan rings is 1. The van der Waals surface area contributed by atoms with E-state index in [1.165, 1.54) is 12.8 Å². The van der Waals surface area contributed by atoms with Gasteiger partial charge >= 0.3 is 0 Å². The Balaban J connectivity index is 1.17. The largest absolute Gasteiger partial charge is 0.461 e. The first-order valence-electron chi connectivity index (χ1n) is 10.8. The maximum absolute atomic E-state index is 12.8. The van der Waals surface area contributed by atoms with Crippen molar-refractivity contribution in [1.82, 2.24) is 20.3 Å². The van der Waals surface area contributed by atoms with Crippen LogP contribution in [0.4, 0.5) is 11.6 Å². The number of piperazine rings is 1. The third-order valence-electron chi connectivity index (χ3n) is 6.13. The van der Waals surface area contributed by atoms with Crippen LogP contribution in [0.25, 0.3) is 11.5 Å². The average Bonchev–Trinajstić information content (AvgIpc) is 3.52. The van der Waals surface area contributed by atoms with Gasteiger partial charge in [-0.15, -0.1) is 10.2 Å². The number of piperidine rings is 1. The molecule has 0 unspecified atom stereocenters. The van der Waals surface area contributed by atoms with Crippen molar-refractivity contribution >= 4 is 17.5 Å². The molecule has 2 fully saturated rings. The van der Waals surface area contributed by atoms with Gasteiger partial charge in [-0.05, 0) is 43.0 Å². The predicted molar refractivity (Wildman–Crippen MR) is 115 cm³/mol. The smallest absolute Gasteiger partial charge is 0.276 e. The standard InChI is InChI=1S/C22H26N6O3/c1-16-6-8-26(9-7-16)20-4-5-21(24-23-20)27-10-12-28(13-11-27)22(29)17-15-19(31-25-17)18-3-2-14-30-18/h2-5,14-16H,6-13H2,1H3. The van der Waals surface area contributed by atoms with E-state index >= 15 is 0 Å². The van der Waals surface area contributed by atoms with Gasteiger partial charge in [-0.1, -0.05) is 12.1 Å². The highest BCUT2D eigenvalue weighted by Gasteiger charge is 2.26. The highest BCUT2D eigenvalue weighted by molar-refractivity contribution is 5.93. The van der Waals surface area contributed by atoms with Crippen molar-refractivity contribution < 1.29 is 13.7 Å². The molecule has 0 saturated carbocycles. The summed E-state index contributed by atoms with van der Waals surface area (Å²) in [5.41, 5.74) is 0.292. The Morgan fingerprint density at radius 1 is 0.935 bits per heavy atom. The zero-order chi connectivity index (χ0) is 21.2. The fourth-order valence-corrected chi connectivity index (χ4v) is 4.10. The van der Waals surface area contributed by atoms with Crippen molar-refractivity contribution in [3.63, 3.8) is 0 Å². The van der Waals surface area contributed by atoms with Crippen molar-refractivity contribution in [1.29, 1.82) is 0 Å². The number of carbonyl (C=O) groups is 1. The van der Waals surface area contributed by atoms with Crippen LogP contribution in [0.15, 0.2) is 45.5 Å². The number of nitrogens with zero attached hydrogens (tertiary/aromatic N) is 6. The molecular weight excluding hydrogens is 396 g/mol. The molecule has 0 aliphatic carbocycles. The molecule has 0 N–H and O–H groups in total. The van der Waals surface area contributed by atoms with Crippen LogP contribution in [0.3, 0.4) is 0 Å². The molecule has 2 aliphatic heterocycles. The van der Waals surface area contributed by atoms with E-state index in [4.69, 9.17) is 8.94 Å². The fraction of sp³-hybridized carbons (Fsp3) is 0.455. The van der Waals surface area contributed by atoms with E-state index in [1.807, 2.05) is 6.07 Å². The average molecular weight is 422 g/mol. The molecule has 2 saturated heterocycles. The fourth-order valence-electron chi connectivity index (χ4n) is 4.10. The van der Waals surface area contributed by atoms with Crippen LogP contribution in [0, 0.1) is 5.92 Å². The lowest BCUT2D eigenvalue weighted by molar-refractivity contribution is 0.0736. The third kappa shape index (κ3) is 4.12. The first kappa shape index (κ1) is 19.6. The van der Waals surface area contributed by atoms with Gasteiger partial charge in [0.05, 0.1) is 6.26 Å². The van der Waals surface area contributed by atoms with Gasteiger partial charge in [-0.25, -0.2) is 0 Å². The Hall–Kier alpha value is -3.36. The Labute approximate surface area is 180 Å². The monoisotopic (exact) mass is 422 g/mol. The van der Waals surface area contributed by atoms with Crippen LogP contribution in [0.2, 0.25) is 0 Å². The number of aromatic nitrogens is 3. The zero-order valence-electron chi connectivity index (χ0n) is 17.6. The number of hydrogen-bond acceptors (Lipinski definition) is 8. The van der Waals surface area contributed by atoms with E-state index < -0.39 is 0 Å². The third-order valence-corrected chi connectivity index (χ3v) is 6.13. The maximum Gasteiger partial charge on any atom is 0.276 e. The number of carbonyl (C=O) groups excluding carboxylic acids is 1. The Bertz CT molecular complexity index is 1000. The molecule has 0 atom stereocenters. The second kappa shape index (κ2) is 8.41. The SMILES string of the molecule is CC1CCN(c2ccc(N3CCN(C(=O)c4cc(-c5ccco5)on4)CC3)nn2)CC1. The van der Waals surface area contributed by atoms with Crippen LogP contribution in [-0.4, -0.2) is 65.4 Å². The lowest BCUT2D eigenvalue weighted by atomic mass is 9.99. The molecule has 162 valence electrons. The Morgan fingerprint density at radius 2 is 1.61 bits per heavy atom. The minimum atomic E-state index is -0.137. The molecule has 0 radical (unpaired) electrons. The summed E-state index contributed by atoms with van der Waals surface area (Å²) in [7, 11) is 0. The zero-order valence-corrected chi connectivity index (χ0v) is 17.6. The Morgan fingerprint density at radius 3 is 2.23 bits per heavy atom. The van der Waals surface area contributed by atoms with Gasteiger partial charge in [0.15, 0.2) is 23.1 Å². The molecule has 9 nitrogen and oxygen atoms in total. The minimum Gasteiger partial charge on any atom is -0.461 e. The van der Waals surface area contributed by atoms with E-state index in [0.29, 0.717) is 43.4 Å². The first-order valence-corrected chi connectivity index (χ1v) is 10.8. The maximum atomic E-state index is 12.8. The van der Waals surface area contributed by atoms with Gasteiger partial charge in [0.2, 0.25) is 5.76 Å². The topological polar surface area (TPSA) is 91.7 Å². The highest BCUT2D eigenvalue weighted by atomic mass is 16.5. The summed E-state index contributed by atoms with van der Waals surface area (Å²) in [6.45, 7) is 6.97.